The lowest BCUT2D eigenvalue weighted by atomic mass is 9.80. The molecular formula is C26H25N3. The highest BCUT2D eigenvalue weighted by atomic mass is 15.3. The highest BCUT2D eigenvalue weighted by molar-refractivity contribution is 5.94. The Morgan fingerprint density at radius 2 is 1.55 bits per heavy atom. The maximum Gasteiger partial charge on any atom is 0.108 e. The van der Waals surface area contributed by atoms with Crippen molar-refractivity contribution < 1.29 is 0 Å². The zero-order valence-corrected chi connectivity index (χ0v) is 16.6. The van der Waals surface area contributed by atoms with Crippen LogP contribution in [-0.2, 0) is 0 Å². The van der Waals surface area contributed by atoms with Crippen LogP contribution in [0.4, 0.5) is 0 Å². The van der Waals surface area contributed by atoms with Gasteiger partial charge in [0.1, 0.15) is 12.0 Å². The second-order valence-corrected chi connectivity index (χ2v) is 7.76. The summed E-state index contributed by atoms with van der Waals surface area (Å²) in [4.78, 5) is 7.16. The number of hydrogen-bond acceptors (Lipinski definition) is 3. The van der Waals surface area contributed by atoms with Gasteiger partial charge in [0.2, 0.25) is 0 Å². The van der Waals surface area contributed by atoms with Crippen molar-refractivity contribution in [2.75, 3.05) is 13.7 Å². The molecule has 0 aromatic heterocycles. The van der Waals surface area contributed by atoms with Gasteiger partial charge in [0.15, 0.2) is 0 Å². The lowest BCUT2D eigenvalue weighted by Gasteiger charge is -2.37. The second kappa shape index (κ2) is 7.69. The number of nitrogens with one attached hydrogen (secondary N) is 1. The molecule has 1 N–H and O–H groups in total. The molecule has 29 heavy (non-hydrogen) atoms. The van der Waals surface area contributed by atoms with Crippen molar-refractivity contribution in [3.8, 4) is 0 Å². The van der Waals surface area contributed by atoms with Gasteiger partial charge in [-0.25, -0.2) is 0 Å². The number of hydrogen-bond donors (Lipinski definition) is 1. The van der Waals surface area contributed by atoms with E-state index < -0.39 is 0 Å². The lowest BCUT2D eigenvalue weighted by Crippen LogP contribution is -2.46. The topological polar surface area (TPSA) is 27.6 Å². The Balaban J connectivity index is 1.49. The maximum atomic E-state index is 4.91. The van der Waals surface area contributed by atoms with E-state index in [4.69, 9.17) is 4.99 Å². The molecule has 0 radical (unpaired) electrons. The van der Waals surface area contributed by atoms with Crippen molar-refractivity contribution in [3.63, 3.8) is 0 Å². The average molecular weight is 380 g/mol. The molecule has 2 atom stereocenters. The van der Waals surface area contributed by atoms with Crippen molar-refractivity contribution in [1.29, 1.82) is 0 Å². The summed E-state index contributed by atoms with van der Waals surface area (Å²) < 4.78 is 0. The van der Waals surface area contributed by atoms with E-state index in [1.54, 1.807) is 0 Å². The van der Waals surface area contributed by atoms with E-state index in [0.29, 0.717) is 6.67 Å². The predicted molar refractivity (Wildman–Crippen MR) is 120 cm³/mol. The summed E-state index contributed by atoms with van der Waals surface area (Å²) >= 11 is 0. The molecule has 3 aromatic carbocycles. The van der Waals surface area contributed by atoms with Crippen LogP contribution < -0.4 is 5.32 Å². The van der Waals surface area contributed by atoms with E-state index in [-0.39, 0.29) is 12.1 Å². The fraction of sp³-hybridized carbons (Fsp3) is 0.192. The number of allylic oxidation sites excluding steroid dienone is 1. The molecule has 2 unspecified atom stereocenters. The zero-order valence-electron chi connectivity index (χ0n) is 16.6. The third-order valence-corrected chi connectivity index (χ3v) is 5.90. The Bertz CT molecular complexity index is 1050. The number of amidine groups is 1. The van der Waals surface area contributed by atoms with Gasteiger partial charge < -0.3 is 5.32 Å². The van der Waals surface area contributed by atoms with E-state index in [1.807, 2.05) is 0 Å². The quantitative estimate of drug-likeness (QED) is 0.678. The second-order valence-electron chi connectivity index (χ2n) is 7.76. The summed E-state index contributed by atoms with van der Waals surface area (Å²) in [7, 11) is 2.12. The molecule has 0 fully saturated rings. The number of benzene rings is 3. The van der Waals surface area contributed by atoms with Gasteiger partial charge in [0, 0.05) is 5.92 Å². The van der Waals surface area contributed by atoms with Crippen LogP contribution >= 0.6 is 0 Å². The number of fused-ring (bicyclic) bond motifs is 1. The van der Waals surface area contributed by atoms with Gasteiger partial charge >= 0.3 is 0 Å². The summed E-state index contributed by atoms with van der Waals surface area (Å²) in [6.45, 7) is 0.704. The van der Waals surface area contributed by atoms with Crippen molar-refractivity contribution in [3.05, 3.63) is 113 Å². The molecule has 5 rings (SSSR count). The molecule has 0 saturated heterocycles. The van der Waals surface area contributed by atoms with Gasteiger partial charge in [-0.3, -0.25) is 9.89 Å². The largest absolute Gasteiger partial charge is 0.354 e. The first-order valence-corrected chi connectivity index (χ1v) is 10.2. The molecule has 1 heterocycles. The van der Waals surface area contributed by atoms with E-state index in [1.165, 1.54) is 27.8 Å². The molecule has 144 valence electrons. The predicted octanol–water partition coefficient (Wildman–Crippen LogP) is 5.20. The summed E-state index contributed by atoms with van der Waals surface area (Å²) in [5, 5.41) is 3.73. The van der Waals surface area contributed by atoms with Crippen LogP contribution in [0.2, 0.25) is 0 Å². The molecule has 3 heteroatoms. The first-order valence-electron chi connectivity index (χ1n) is 10.2. The van der Waals surface area contributed by atoms with Crippen molar-refractivity contribution in [2.24, 2.45) is 4.99 Å². The van der Waals surface area contributed by atoms with Gasteiger partial charge in [0.05, 0.1) is 6.67 Å². The van der Waals surface area contributed by atoms with Crippen molar-refractivity contribution in [1.82, 2.24) is 10.2 Å². The smallest absolute Gasteiger partial charge is 0.108 e. The Morgan fingerprint density at radius 3 is 2.34 bits per heavy atom. The van der Waals surface area contributed by atoms with Crippen LogP contribution in [0.25, 0.3) is 5.57 Å². The summed E-state index contributed by atoms with van der Waals surface area (Å²) in [5.41, 5.74) is 6.54. The van der Waals surface area contributed by atoms with Crippen LogP contribution in [0.1, 0.15) is 40.8 Å². The van der Waals surface area contributed by atoms with Crippen LogP contribution in [0.5, 0.6) is 0 Å². The first-order chi connectivity index (χ1) is 14.3. The minimum Gasteiger partial charge on any atom is -0.354 e. The fourth-order valence-corrected chi connectivity index (χ4v) is 4.42. The van der Waals surface area contributed by atoms with Crippen LogP contribution in [0.15, 0.2) is 96.0 Å². The van der Waals surface area contributed by atoms with E-state index in [0.717, 1.165) is 12.3 Å². The van der Waals surface area contributed by atoms with Gasteiger partial charge in [-0.2, -0.15) is 0 Å². The molecule has 3 aromatic rings. The number of rotatable bonds is 3. The third kappa shape index (κ3) is 3.39. The molecule has 0 amide bonds. The maximum absolute atomic E-state index is 4.91. The van der Waals surface area contributed by atoms with Crippen molar-refractivity contribution >= 4 is 11.4 Å². The van der Waals surface area contributed by atoms with Gasteiger partial charge in [-0.15, -0.1) is 0 Å². The number of aliphatic imine (C=N–C) groups is 1. The molecule has 0 saturated carbocycles. The number of nitrogens with zero attached hydrogens (tertiary/aromatic N) is 2. The Labute approximate surface area is 172 Å². The Morgan fingerprint density at radius 1 is 0.862 bits per heavy atom. The molecule has 0 spiro atoms. The fourth-order valence-electron chi connectivity index (χ4n) is 4.42. The Hall–Kier alpha value is -3.17. The van der Waals surface area contributed by atoms with E-state index >= 15 is 0 Å². The molecule has 3 nitrogen and oxygen atoms in total. The van der Waals surface area contributed by atoms with Crippen LogP contribution in [0, 0.1) is 0 Å². The van der Waals surface area contributed by atoms with Gasteiger partial charge in [-0.1, -0.05) is 91.0 Å². The monoisotopic (exact) mass is 379 g/mol. The van der Waals surface area contributed by atoms with Gasteiger partial charge in [-0.05, 0) is 41.3 Å². The molecule has 0 bridgehead atoms. The summed E-state index contributed by atoms with van der Waals surface area (Å²) in [6.07, 6.45) is 3.48. The van der Waals surface area contributed by atoms with Crippen LogP contribution in [0.3, 0.4) is 0 Å². The lowest BCUT2D eigenvalue weighted by molar-refractivity contribution is 0.220. The van der Waals surface area contributed by atoms with Crippen molar-refractivity contribution in [2.45, 2.75) is 18.5 Å². The molecule has 1 aliphatic heterocycles. The third-order valence-electron chi connectivity index (χ3n) is 5.90. The SMILES string of the molecule is CN1CN=C(C2CC=C(c3ccccc3)c3ccccc32)NC1c1ccccc1. The van der Waals surface area contributed by atoms with E-state index in [9.17, 15) is 0 Å². The first kappa shape index (κ1) is 17.9. The van der Waals surface area contributed by atoms with Crippen LogP contribution in [-0.4, -0.2) is 24.5 Å². The zero-order chi connectivity index (χ0) is 19.6. The van der Waals surface area contributed by atoms with Gasteiger partial charge in [0.25, 0.3) is 0 Å². The minimum atomic E-state index is 0.148. The Kier molecular flexibility index (Phi) is 4.74. The normalized spacial score (nSPS) is 21.6. The molecular weight excluding hydrogens is 354 g/mol. The summed E-state index contributed by atoms with van der Waals surface area (Å²) in [6, 6.07) is 30.1. The molecule has 1 aliphatic carbocycles. The highest BCUT2D eigenvalue weighted by Gasteiger charge is 2.30. The standard InChI is InChI=1S/C26H25N3/c1-29-18-27-25(28-26(29)20-12-6-3-7-13-20)24-17-16-21(19-10-4-2-5-11-19)22-14-8-9-15-23(22)24/h2-16,24,26H,17-18H2,1H3,(H,27,28). The summed E-state index contributed by atoms with van der Waals surface area (Å²) in [5.74, 6) is 1.35. The minimum absolute atomic E-state index is 0.148. The average Bonchev–Trinajstić information content (AvgIpc) is 2.80. The molecule has 2 aliphatic rings. The van der Waals surface area contributed by atoms with E-state index in [2.05, 4.69) is 108 Å². The highest BCUT2D eigenvalue weighted by Crippen LogP contribution is 2.39.